The molecule has 0 radical (unpaired) electrons. The van der Waals surface area contributed by atoms with Crippen LogP contribution in [-0.4, -0.2) is 39.8 Å². The second-order valence-corrected chi connectivity index (χ2v) is 5.46. The van der Waals surface area contributed by atoms with Gasteiger partial charge in [0.05, 0.1) is 13.7 Å². The van der Waals surface area contributed by atoms with Crippen molar-refractivity contribution in [3.8, 4) is 11.5 Å². The Labute approximate surface area is 133 Å². The summed E-state index contributed by atoms with van der Waals surface area (Å²) < 4.78 is 13.0. The maximum Gasteiger partial charge on any atom is 0.165 e. The highest BCUT2D eigenvalue weighted by atomic mass is 16.5. The van der Waals surface area contributed by atoms with Crippen LogP contribution in [0.5, 0.6) is 11.5 Å². The molecule has 1 aromatic carbocycles. The van der Waals surface area contributed by atoms with Crippen LogP contribution < -0.4 is 14.4 Å². The average Bonchev–Trinajstić information content (AvgIpc) is 2.94. The molecule has 0 saturated heterocycles. The van der Waals surface area contributed by atoms with Crippen LogP contribution in [0.25, 0.3) is 5.65 Å². The van der Waals surface area contributed by atoms with Gasteiger partial charge in [0, 0.05) is 24.2 Å². The zero-order valence-corrected chi connectivity index (χ0v) is 13.1. The number of anilines is 1. The van der Waals surface area contributed by atoms with E-state index in [-0.39, 0.29) is 0 Å². The summed E-state index contributed by atoms with van der Waals surface area (Å²) in [6.45, 7) is 4.04. The molecule has 0 N–H and O–H groups in total. The molecule has 0 atom stereocenters. The van der Waals surface area contributed by atoms with Crippen LogP contribution in [0.1, 0.15) is 11.4 Å². The van der Waals surface area contributed by atoms with Crippen LogP contribution >= 0.6 is 0 Å². The van der Waals surface area contributed by atoms with Gasteiger partial charge in [0.15, 0.2) is 5.65 Å². The van der Waals surface area contributed by atoms with E-state index in [2.05, 4.69) is 20.1 Å². The van der Waals surface area contributed by atoms with Crippen LogP contribution in [-0.2, 0) is 6.54 Å². The average molecular weight is 311 g/mol. The van der Waals surface area contributed by atoms with Gasteiger partial charge in [0.25, 0.3) is 0 Å². The fourth-order valence-electron chi connectivity index (χ4n) is 2.79. The van der Waals surface area contributed by atoms with Crippen molar-refractivity contribution in [2.24, 2.45) is 0 Å². The maximum absolute atomic E-state index is 5.86. The lowest BCUT2D eigenvalue weighted by molar-refractivity contribution is 0.328. The third kappa shape index (κ3) is 2.44. The number of aromatic nitrogens is 4. The zero-order chi connectivity index (χ0) is 15.8. The number of hydrogen-bond acceptors (Lipinski definition) is 6. The summed E-state index contributed by atoms with van der Waals surface area (Å²) in [6, 6.07) is 7.87. The molecule has 118 valence electrons. The first-order chi connectivity index (χ1) is 11.2. The number of hydrogen-bond donors (Lipinski definition) is 0. The Hall–Kier alpha value is -2.83. The number of fused-ring (bicyclic) bond motifs is 2. The Bertz CT molecular complexity index is 861. The summed E-state index contributed by atoms with van der Waals surface area (Å²) in [7, 11) is 1.66. The molecule has 0 spiro atoms. The highest BCUT2D eigenvalue weighted by Gasteiger charge is 2.18. The van der Waals surface area contributed by atoms with Gasteiger partial charge in [0.2, 0.25) is 0 Å². The molecule has 3 aromatic rings. The van der Waals surface area contributed by atoms with E-state index in [0.29, 0.717) is 6.61 Å². The van der Waals surface area contributed by atoms with Crippen molar-refractivity contribution in [2.75, 3.05) is 25.2 Å². The van der Waals surface area contributed by atoms with E-state index in [0.717, 1.165) is 47.4 Å². The van der Waals surface area contributed by atoms with Crippen molar-refractivity contribution in [3.05, 3.63) is 42.0 Å². The van der Waals surface area contributed by atoms with Crippen LogP contribution in [0.3, 0.4) is 0 Å². The van der Waals surface area contributed by atoms with Gasteiger partial charge in [-0.15, -0.1) is 10.2 Å². The molecular weight excluding hydrogens is 294 g/mol. The van der Waals surface area contributed by atoms with E-state index in [4.69, 9.17) is 9.47 Å². The standard InChI is InChI=1S/C16H17N5O2/c1-11-18-15(8-16-19-17-10-21(11)16)20-5-6-23-14-7-13(22-2)4-3-12(14)9-20/h3-4,7-8,10H,5-6,9H2,1-2H3. The molecule has 7 heteroatoms. The van der Waals surface area contributed by atoms with Crippen LogP contribution in [0.2, 0.25) is 0 Å². The first-order valence-electron chi connectivity index (χ1n) is 7.46. The van der Waals surface area contributed by atoms with Gasteiger partial charge in [-0.2, -0.15) is 0 Å². The van der Waals surface area contributed by atoms with Gasteiger partial charge >= 0.3 is 0 Å². The second-order valence-electron chi connectivity index (χ2n) is 5.46. The third-order valence-electron chi connectivity index (χ3n) is 4.04. The fourth-order valence-corrected chi connectivity index (χ4v) is 2.79. The Kier molecular flexibility index (Phi) is 3.25. The summed E-state index contributed by atoms with van der Waals surface area (Å²) in [5, 5.41) is 8.06. The van der Waals surface area contributed by atoms with Crippen molar-refractivity contribution >= 4 is 11.5 Å². The lowest BCUT2D eigenvalue weighted by Gasteiger charge is -2.21. The molecule has 0 unspecified atom stereocenters. The van der Waals surface area contributed by atoms with Gasteiger partial charge in [-0.3, -0.25) is 4.40 Å². The summed E-state index contributed by atoms with van der Waals surface area (Å²) in [6.07, 6.45) is 1.68. The molecular formula is C16H17N5O2. The number of methoxy groups -OCH3 is 1. The van der Waals surface area contributed by atoms with Gasteiger partial charge in [-0.05, 0) is 19.1 Å². The fraction of sp³-hybridized carbons (Fsp3) is 0.312. The Balaban J connectivity index is 1.70. The van der Waals surface area contributed by atoms with Crippen molar-refractivity contribution in [3.63, 3.8) is 0 Å². The molecule has 1 aliphatic heterocycles. The lowest BCUT2D eigenvalue weighted by atomic mass is 10.2. The first kappa shape index (κ1) is 13.8. The summed E-state index contributed by atoms with van der Waals surface area (Å²) in [5.41, 5.74) is 1.91. The molecule has 2 aromatic heterocycles. The first-order valence-corrected chi connectivity index (χ1v) is 7.46. The lowest BCUT2D eigenvalue weighted by Crippen LogP contribution is -2.26. The van der Waals surface area contributed by atoms with Gasteiger partial charge in [0.1, 0.15) is 36.1 Å². The second kappa shape index (κ2) is 5.42. The summed E-state index contributed by atoms with van der Waals surface area (Å²) in [4.78, 5) is 6.87. The Morgan fingerprint density at radius 1 is 1.26 bits per heavy atom. The van der Waals surface area contributed by atoms with E-state index in [9.17, 15) is 0 Å². The van der Waals surface area contributed by atoms with E-state index in [1.165, 1.54) is 0 Å². The van der Waals surface area contributed by atoms with Gasteiger partial charge < -0.3 is 14.4 Å². The highest BCUT2D eigenvalue weighted by molar-refractivity contribution is 5.53. The molecule has 0 saturated carbocycles. The maximum atomic E-state index is 5.86. The molecule has 0 aliphatic carbocycles. The Morgan fingerprint density at radius 2 is 2.17 bits per heavy atom. The minimum atomic E-state index is 0.596. The predicted molar refractivity (Wildman–Crippen MR) is 85.1 cm³/mol. The highest BCUT2D eigenvalue weighted by Crippen LogP contribution is 2.29. The van der Waals surface area contributed by atoms with Crippen molar-refractivity contribution in [1.82, 2.24) is 19.6 Å². The number of rotatable bonds is 2. The van der Waals surface area contributed by atoms with Crippen LogP contribution in [0, 0.1) is 6.92 Å². The van der Waals surface area contributed by atoms with E-state index >= 15 is 0 Å². The van der Waals surface area contributed by atoms with Crippen molar-refractivity contribution < 1.29 is 9.47 Å². The van der Waals surface area contributed by atoms with Gasteiger partial charge in [-0.25, -0.2) is 4.98 Å². The molecule has 1 aliphatic rings. The zero-order valence-electron chi connectivity index (χ0n) is 13.1. The largest absolute Gasteiger partial charge is 0.497 e. The smallest absolute Gasteiger partial charge is 0.165 e. The van der Waals surface area contributed by atoms with E-state index < -0.39 is 0 Å². The van der Waals surface area contributed by atoms with Crippen molar-refractivity contribution in [1.29, 1.82) is 0 Å². The molecule has 0 fully saturated rings. The molecule has 0 amide bonds. The molecule has 0 bridgehead atoms. The van der Waals surface area contributed by atoms with E-state index in [1.54, 1.807) is 13.4 Å². The normalized spacial score (nSPS) is 14.3. The summed E-state index contributed by atoms with van der Waals surface area (Å²) in [5.74, 6) is 3.42. The molecule has 7 nitrogen and oxygen atoms in total. The van der Waals surface area contributed by atoms with Crippen LogP contribution in [0.4, 0.5) is 5.82 Å². The Morgan fingerprint density at radius 3 is 3.04 bits per heavy atom. The van der Waals surface area contributed by atoms with Crippen LogP contribution in [0.15, 0.2) is 30.6 Å². The number of benzene rings is 1. The number of ether oxygens (including phenoxy) is 2. The monoisotopic (exact) mass is 311 g/mol. The predicted octanol–water partition coefficient (Wildman–Crippen LogP) is 1.84. The molecule has 3 heterocycles. The number of aryl methyl sites for hydroxylation is 1. The van der Waals surface area contributed by atoms with E-state index in [1.807, 2.05) is 35.6 Å². The SMILES string of the molecule is COc1ccc2c(c1)OCCN(c1cc3nncn3c(C)n1)C2. The minimum absolute atomic E-state index is 0.596. The minimum Gasteiger partial charge on any atom is -0.497 e. The molecule has 4 rings (SSSR count). The van der Waals surface area contributed by atoms with Gasteiger partial charge in [-0.1, -0.05) is 0 Å². The topological polar surface area (TPSA) is 64.8 Å². The third-order valence-corrected chi connectivity index (χ3v) is 4.04. The van der Waals surface area contributed by atoms with Crippen molar-refractivity contribution in [2.45, 2.75) is 13.5 Å². The molecule has 23 heavy (non-hydrogen) atoms. The summed E-state index contributed by atoms with van der Waals surface area (Å²) >= 11 is 0. The number of nitrogens with zero attached hydrogens (tertiary/aromatic N) is 5. The quantitative estimate of drug-likeness (QED) is 0.719.